The molecule has 1 aliphatic heterocycles. The molecule has 1 heterocycles. The number of hydrazine groups is 2. The van der Waals surface area contributed by atoms with E-state index in [1.807, 2.05) is 11.2 Å². The largest absolute Gasteiger partial charge is 0.465 e. The molecular formula is C50H95N5O8S2. The monoisotopic (exact) mass is 958 g/mol. The fourth-order valence-electron chi connectivity index (χ4n) is 7.43. The van der Waals surface area contributed by atoms with Crippen molar-refractivity contribution in [2.45, 2.75) is 220 Å². The van der Waals surface area contributed by atoms with Crippen LogP contribution in [0.25, 0.3) is 0 Å². The Labute approximate surface area is 404 Å². The number of hydrogen-bond acceptors (Lipinski definition) is 14. The summed E-state index contributed by atoms with van der Waals surface area (Å²) in [5.74, 6) is 0.759. The van der Waals surface area contributed by atoms with E-state index in [1.165, 1.54) is 89.9 Å². The smallest absolute Gasteiger partial charge is 0.409 e. The Morgan fingerprint density at radius 1 is 0.585 bits per heavy atom. The number of unbranched alkanes of at least 4 members (excludes halogenated alkanes) is 17. The van der Waals surface area contributed by atoms with Crippen LogP contribution in [0.1, 0.15) is 214 Å². The van der Waals surface area contributed by atoms with Crippen molar-refractivity contribution >= 4 is 45.6 Å². The second-order valence-electron chi connectivity index (χ2n) is 17.4. The topological polar surface area (TPSA) is 148 Å². The zero-order valence-corrected chi connectivity index (χ0v) is 43.3. The molecule has 0 aromatic heterocycles. The number of carbonyl (C=O) groups is 4. The van der Waals surface area contributed by atoms with Gasteiger partial charge >= 0.3 is 24.0 Å². The first-order valence-electron chi connectivity index (χ1n) is 26.2. The molecule has 0 spiro atoms. The molecule has 15 heteroatoms. The van der Waals surface area contributed by atoms with Crippen LogP contribution in [0.4, 0.5) is 4.79 Å². The van der Waals surface area contributed by atoms with Crippen molar-refractivity contribution in [1.82, 2.24) is 26.2 Å². The van der Waals surface area contributed by atoms with Crippen LogP contribution < -0.4 is 16.3 Å². The summed E-state index contributed by atoms with van der Waals surface area (Å²) < 4.78 is 22.4. The molecule has 380 valence electrons. The van der Waals surface area contributed by atoms with E-state index in [0.717, 1.165) is 96.0 Å². The SMILES string of the molecule is CCCCCCCCC(=O)OCCSSCCOC(=O)N(CCCNCCC)CCC(=O)OCCC1=CN(CCCCCC(=O)OC(CCCCCCCC)CCCCCCCC)NN1. The molecule has 3 N–H and O–H groups in total. The summed E-state index contributed by atoms with van der Waals surface area (Å²) >= 11 is 0. The molecule has 0 unspecified atom stereocenters. The van der Waals surface area contributed by atoms with Crippen molar-refractivity contribution < 1.29 is 38.1 Å². The van der Waals surface area contributed by atoms with E-state index in [-0.39, 0.29) is 50.2 Å². The van der Waals surface area contributed by atoms with Gasteiger partial charge in [-0.1, -0.05) is 152 Å². The van der Waals surface area contributed by atoms with E-state index in [1.54, 1.807) is 26.5 Å². The lowest BCUT2D eigenvalue weighted by atomic mass is 10.0. The lowest BCUT2D eigenvalue weighted by Crippen LogP contribution is -2.37. The molecule has 0 saturated heterocycles. The minimum Gasteiger partial charge on any atom is -0.465 e. The van der Waals surface area contributed by atoms with Crippen molar-refractivity contribution in [2.75, 3.05) is 64.1 Å². The fourth-order valence-corrected chi connectivity index (χ4v) is 9.09. The van der Waals surface area contributed by atoms with Gasteiger partial charge in [-0.05, 0) is 70.9 Å². The van der Waals surface area contributed by atoms with Gasteiger partial charge in [0.25, 0.3) is 0 Å². The number of esters is 3. The number of hydrogen-bond donors (Lipinski definition) is 3. The predicted molar refractivity (Wildman–Crippen MR) is 270 cm³/mol. The van der Waals surface area contributed by atoms with Crippen LogP contribution in [0.2, 0.25) is 0 Å². The molecule has 0 radical (unpaired) electrons. The maximum Gasteiger partial charge on any atom is 0.409 e. The van der Waals surface area contributed by atoms with E-state index in [0.29, 0.717) is 43.9 Å². The lowest BCUT2D eigenvalue weighted by molar-refractivity contribution is -0.150. The van der Waals surface area contributed by atoms with Gasteiger partial charge in [-0.25, -0.2) is 4.79 Å². The summed E-state index contributed by atoms with van der Waals surface area (Å²) in [6, 6.07) is 0. The summed E-state index contributed by atoms with van der Waals surface area (Å²) in [5.41, 5.74) is 7.23. The van der Waals surface area contributed by atoms with E-state index in [2.05, 4.69) is 44.0 Å². The van der Waals surface area contributed by atoms with Gasteiger partial charge < -0.3 is 34.6 Å². The van der Waals surface area contributed by atoms with Crippen molar-refractivity contribution in [3.8, 4) is 0 Å². The van der Waals surface area contributed by atoms with Gasteiger partial charge in [0.15, 0.2) is 0 Å². The minimum atomic E-state index is -0.430. The Hall–Kier alpha value is -2.36. The molecule has 1 aliphatic rings. The highest BCUT2D eigenvalue weighted by Crippen LogP contribution is 2.21. The van der Waals surface area contributed by atoms with Crippen molar-refractivity contribution in [2.24, 2.45) is 0 Å². The highest BCUT2D eigenvalue weighted by molar-refractivity contribution is 8.76. The molecule has 0 fully saturated rings. The second-order valence-corrected chi connectivity index (χ2v) is 20.1. The normalized spacial score (nSPS) is 12.3. The molecule has 13 nitrogen and oxygen atoms in total. The summed E-state index contributed by atoms with van der Waals surface area (Å²) in [7, 11) is 3.17. The molecule has 0 aromatic carbocycles. The first-order chi connectivity index (χ1) is 31.8. The minimum absolute atomic E-state index is 0.0516. The Morgan fingerprint density at radius 3 is 1.75 bits per heavy atom. The number of carbonyl (C=O) groups excluding carboxylic acids is 4. The summed E-state index contributed by atoms with van der Waals surface area (Å²) in [6.45, 7) is 12.9. The standard InChI is InChI=1S/C50H95N5O8S2/c1-5-9-12-15-18-22-28-46(29-23-19-16-13-10-6-2)63-49(58)31-25-21-26-37-55-44-45(52-53-55)33-39-60-48(57)32-38-54(36-27-35-51-34-8-4)50(59)62-41-43-65-64-42-40-61-47(56)30-24-20-17-14-11-7-3/h44,46,51-53H,5-43H2,1-4H3. The van der Waals surface area contributed by atoms with Gasteiger partial charge in [0.1, 0.15) is 19.3 Å². The van der Waals surface area contributed by atoms with Crippen molar-refractivity contribution in [1.29, 1.82) is 0 Å². The van der Waals surface area contributed by atoms with Crippen LogP contribution in [0.3, 0.4) is 0 Å². The van der Waals surface area contributed by atoms with Gasteiger partial charge in [0.2, 0.25) is 0 Å². The lowest BCUT2D eigenvalue weighted by Gasteiger charge is -2.22. The Kier molecular flexibility index (Phi) is 42.4. The first kappa shape index (κ1) is 60.7. The van der Waals surface area contributed by atoms with Crippen LogP contribution in [0.5, 0.6) is 0 Å². The number of nitrogens with one attached hydrogen (secondary N) is 3. The Bertz CT molecular complexity index is 1190. The summed E-state index contributed by atoms with van der Waals surface area (Å²) in [6.07, 6.45) is 31.5. The average molecular weight is 958 g/mol. The number of ether oxygens (including phenoxy) is 4. The Balaban J connectivity index is 2.30. The van der Waals surface area contributed by atoms with Crippen LogP contribution in [0.15, 0.2) is 11.9 Å². The van der Waals surface area contributed by atoms with Gasteiger partial charge in [-0.2, -0.15) is 0 Å². The van der Waals surface area contributed by atoms with E-state index in [4.69, 9.17) is 18.9 Å². The van der Waals surface area contributed by atoms with Gasteiger partial charge in [0.05, 0.1) is 13.0 Å². The maximum absolute atomic E-state index is 13.0. The van der Waals surface area contributed by atoms with E-state index >= 15 is 0 Å². The molecule has 1 rings (SSSR count). The molecule has 1 amide bonds. The molecular weight excluding hydrogens is 863 g/mol. The van der Waals surface area contributed by atoms with Crippen molar-refractivity contribution in [3.63, 3.8) is 0 Å². The number of amides is 1. The molecule has 0 atom stereocenters. The fraction of sp³-hybridized carbons (Fsp3) is 0.880. The van der Waals surface area contributed by atoms with Gasteiger partial charge in [-0.3, -0.25) is 19.4 Å². The van der Waals surface area contributed by atoms with Crippen LogP contribution in [-0.4, -0.2) is 104 Å². The van der Waals surface area contributed by atoms with Crippen molar-refractivity contribution in [3.05, 3.63) is 11.9 Å². The maximum atomic E-state index is 13.0. The molecule has 0 bridgehead atoms. The summed E-state index contributed by atoms with van der Waals surface area (Å²) in [4.78, 5) is 52.0. The third kappa shape index (κ3) is 38.3. The zero-order chi connectivity index (χ0) is 47.3. The number of rotatable bonds is 47. The highest BCUT2D eigenvalue weighted by Gasteiger charge is 2.18. The zero-order valence-electron chi connectivity index (χ0n) is 41.7. The summed E-state index contributed by atoms with van der Waals surface area (Å²) in [5, 5.41) is 5.34. The van der Waals surface area contributed by atoms with Gasteiger partial charge in [-0.15, -0.1) is 5.53 Å². The van der Waals surface area contributed by atoms with Gasteiger partial charge in [0, 0.05) is 62.3 Å². The number of nitrogens with zero attached hydrogens (tertiary/aromatic N) is 2. The molecule has 0 aromatic rings. The van der Waals surface area contributed by atoms with E-state index < -0.39 is 6.09 Å². The quantitative estimate of drug-likeness (QED) is 0.0230. The van der Waals surface area contributed by atoms with Crippen LogP contribution in [-0.2, 0) is 33.3 Å². The van der Waals surface area contributed by atoms with Crippen LogP contribution >= 0.6 is 21.6 Å². The third-order valence-corrected chi connectivity index (χ3v) is 13.7. The molecule has 0 aliphatic carbocycles. The first-order valence-corrected chi connectivity index (χ1v) is 28.7. The van der Waals surface area contributed by atoms with Crippen LogP contribution in [0, 0.1) is 0 Å². The third-order valence-electron chi connectivity index (χ3n) is 11.3. The molecule has 0 saturated carbocycles. The highest BCUT2D eigenvalue weighted by atomic mass is 33.1. The average Bonchev–Trinajstić information content (AvgIpc) is 3.75. The molecule has 65 heavy (non-hydrogen) atoms. The predicted octanol–water partition coefficient (Wildman–Crippen LogP) is 12.0. The second kappa shape index (κ2) is 45.4. The Morgan fingerprint density at radius 2 is 1.12 bits per heavy atom. The van der Waals surface area contributed by atoms with E-state index in [9.17, 15) is 19.2 Å².